The Labute approximate surface area is 75.7 Å². The molecular formula is C10H9NO2. The van der Waals surface area contributed by atoms with Crippen LogP contribution in [0.4, 0.5) is 0 Å². The average Bonchev–Trinajstić information content (AvgIpc) is 2.51. The zero-order valence-electron chi connectivity index (χ0n) is 7.03. The summed E-state index contributed by atoms with van der Waals surface area (Å²) in [7, 11) is 0. The van der Waals surface area contributed by atoms with Gasteiger partial charge in [0.15, 0.2) is 0 Å². The van der Waals surface area contributed by atoms with Gasteiger partial charge in [0.25, 0.3) is 0 Å². The lowest BCUT2D eigenvalue weighted by atomic mass is 10.1. The van der Waals surface area contributed by atoms with E-state index >= 15 is 0 Å². The second kappa shape index (κ2) is 3.04. The Hall–Kier alpha value is -1.60. The van der Waals surface area contributed by atoms with Gasteiger partial charge in [-0.25, -0.2) is 4.79 Å². The van der Waals surface area contributed by atoms with Crippen molar-refractivity contribution in [3.8, 4) is 5.75 Å². The first-order chi connectivity index (χ1) is 6.33. The highest BCUT2D eigenvalue weighted by molar-refractivity contribution is 5.47. The molecule has 0 fully saturated rings. The molecule has 1 aliphatic rings. The molecule has 1 aliphatic carbocycles. The number of aromatic hydroxyl groups is 1. The molecule has 0 amide bonds. The fourth-order valence-corrected chi connectivity index (χ4v) is 1.83. The molecule has 0 radical (unpaired) electrons. The third-order valence-electron chi connectivity index (χ3n) is 2.40. The molecule has 3 heteroatoms. The molecule has 0 heterocycles. The largest absolute Gasteiger partial charge is 0.508 e. The number of hydrogen-bond acceptors (Lipinski definition) is 3. The number of fused-ring (bicyclic) bond motifs is 1. The van der Waals surface area contributed by atoms with Crippen molar-refractivity contribution in [3.63, 3.8) is 0 Å². The molecule has 0 saturated carbocycles. The molecule has 66 valence electrons. The summed E-state index contributed by atoms with van der Waals surface area (Å²) in [5.41, 5.74) is 1.88. The van der Waals surface area contributed by atoms with Gasteiger partial charge < -0.3 is 5.11 Å². The number of benzene rings is 1. The van der Waals surface area contributed by atoms with Crippen molar-refractivity contribution in [2.45, 2.75) is 18.9 Å². The number of phenols is 1. The Bertz CT molecular complexity index is 381. The van der Waals surface area contributed by atoms with Crippen molar-refractivity contribution in [1.29, 1.82) is 0 Å². The first-order valence-electron chi connectivity index (χ1n) is 4.20. The van der Waals surface area contributed by atoms with E-state index in [0.717, 1.165) is 24.0 Å². The van der Waals surface area contributed by atoms with Gasteiger partial charge in [-0.15, -0.1) is 0 Å². The van der Waals surface area contributed by atoms with E-state index in [-0.39, 0.29) is 11.8 Å². The molecule has 1 unspecified atom stereocenters. The minimum atomic E-state index is -0.186. The maximum Gasteiger partial charge on any atom is 0.235 e. The molecule has 0 saturated heterocycles. The number of carbonyl (C=O) groups excluding carboxylic acids is 1. The standard InChI is InChI=1S/C10H9NO2/c12-6-11-8-5-4-7-2-1-3-9(13)10(7)8/h1-3,8,13H,4-5H2. The summed E-state index contributed by atoms with van der Waals surface area (Å²) in [5.74, 6) is 0.235. The molecule has 0 bridgehead atoms. The van der Waals surface area contributed by atoms with E-state index in [9.17, 15) is 9.90 Å². The summed E-state index contributed by atoms with van der Waals surface area (Å²) in [4.78, 5) is 13.8. The van der Waals surface area contributed by atoms with Crippen LogP contribution in [0.25, 0.3) is 0 Å². The van der Waals surface area contributed by atoms with Crippen LogP contribution < -0.4 is 0 Å². The van der Waals surface area contributed by atoms with E-state index in [4.69, 9.17) is 0 Å². The van der Waals surface area contributed by atoms with Crippen LogP contribution in [-0.2, 0) is 11.2 Å². The quantitative estimate of drug-likeness (QED) is 0.521. The predicted octanol–water partition coefficient (Wildman–Crippen LogP) is 1.72. The van der Waals surface area contributed by atoms with Crippen LogP contribution in [-0.4, -0.2) is 11.2 Å². The van der Waals surface area contributed by atoms with E-state index in [1.54, 1.807) is 18.2 Å². The molecule has 1 aromatic rings. The van der Waals surface area contributed by atoms with Crippen LogP contribution in [0.1, 0.15) is 23.6 Å². The third kappa shape index (κ3) is 1.23. The minimum Gasteiger partial charge on any atom is -0.508 e. The predicted molar refractivity (Wildman–Crippen MR) is 47.3 cm³/mol. The summed E-state index contributed by atoms with van der Waals surface area (Å²) in [6, 6.07) is 5.20. The molecule has 0 spiro atoms. The first kappa shape index (κ1) is 8.02. The number of isocyanates is 1. The Kier molecular flexibility index (Phi) is 1.87. The molecule has 1 atom stereocenters. The van der Waals surface area contributed by atoms with Crippen LogP contribution in [0.15, 0.2) is 23.2 Å². The fraction of sp³-hybridized carbons (Fsp3) is 0.300. The van der Waals surface area contributed by atoms with Crippen molar-refractivity contribution in [2.75, 3.05) is 0 Å². The number of rotatable bonds is 1. The Balaban J connectivity index is 2.51. The van der Waals surface area contributed by atoms with E-state index in [1.165, 1.54) is 0 Å². The Morgan fingerprint density at radius 2 is 2.38 bits per heavy atom. The van der Waals surface area contributed by atoms with Gasteiger partial charge in [0.1, 0.15) is 5.75 Å². The van der Waals surface area contributed by atoms with Crippen LogP contribution in [0.5, 0.6) is 5.75 Å². The fourth-order valence-electron chi connectivity index (χ4n) is 1.83. The van der Waals surface area contributed by atoms with Gasteiger partial charge in [0.05, 0.1) is 6.04 Å². The Morgan fingerprint density at radius 3 is 3.15 bits per heavy atom. The summed E-state index contributed by atoms with van der Waals surface area (Å²) in [6.45, 7) is 0. The zero-order valence-corrected chi connectivity index (χ0v) is 7.03. The number of aryl methyl sites for hydroxylation is 1. The molecule has 2 rings (SSSR count). The lowest BCUT2D eigenvalue weighted by Crippen LogP contribution is -1.88. The average molecular weight is 175 g/mol. The maximum absolute atomic E-state index is 10.1. The van der Waals surface area contributed by atoms with Crippen molar-refractivity contribution < 1.29 is 9.90 Å². The molecule has 1 aromatic carbocycles. The monoisotopic (exact) mass is 175 g/mol. The van der Waals surface area contributed by atoms with Gasteiger partial charge in [-0.1, -0.05) is 12.1 Å². The topological polar surface area (TPSA) is 49.7 Å². The van der Waals surface area contributed by atoms with Crippen molar-refractivity contribution in [1.82, 2.24) is 0 Å². The van der Waals surface area contributed by atoms with E-state index in [0.29, 0.717) is 0 Å². The SMILES string of the molecule is O=C=NC1CCc2cccc(O)c21. The molecule has 3 nitrogen and oxygen atoms in total. The summed E-state index contributed by atoms with van der Waals surface area (Å²) in [6.07, 6.45) is 3.21. The highest BCUT2D eigenvalue weighted by Crippen LogP contribution is 2.39. The van der Waals surface area contributed by atoms with Gasteiger partial charge in [-0.05, 0) is 24.5 Å². The highest BCUT2D eigenvalue weighted by Gasteiger charge is 2.24. The van der Waals surface area contributed by atoms with Crippen LogP contribution >= 0.6 is 0 Å². The number of aliphatic imine (C=N–C) groups is 1. The highest BCUT2D eigenvalue weighted by atomic mass is 16.3. The van der Waals surface area contributed by atoms with E-state index < -0.39 is 0 Å². The minimum absolute atomic E-state index is 0.186. The van der Waals surface area contributed by atoms with Crippen molar-refractivity contribution >= 4 is 6.08 Å². The van der Waals surface area contributed by atoms with Crippen molar-refractivity contribution in [3.05, 3.63) is 29.3 Å². The van der Waals surface area contributed by atoms with Gasteiger partial charge in [-0.3, -0.25) is 0 Å². The molecule has 1 N–H and O–H groups in total. The summed E-state index contributed by atoms with van der Waals surface area (Å²) < 4.78 is 0. The van der Waals surface area contributed by atoms with Gasteiger partial charge in [-0.2, -0.15) is 4.99 Å². The lowest BCUT2D eigenvalue weighted by molar-refractivity contribution is 0.463. The smallest absolute Gasteiger partial charge is 0.235 e. The normalized spacial score (nSPS) is 19.2. The number of phenolic OH excluding ortho intramolecular Hbond substituents is 1. The van der Waals surface area contributed by atoms with Crippen LogP contribution in [0.3, 0.4) is 0 Å². The first-order valence-corrected chi connectivity index (χ1v) is 4.20. The second-order valence-corrected chi connectivity index (χ2v) is 3.12. The second-order valence-electron chi connectivity index (χ2n) is 3.12. The molecule has 13 heavy (non-hydrogen) atoms. The van der Waals surface area contributed by atoms with Gasteiger partial charge in [0.2, 0.25) is 6.08 Å². The Morgan fingerprint density at radius 1 is 1.54 bits per heavy atom. The van der Waals surface area contributed by atoms with Crippen LogP contribution in [0.2, 0.25) is 0 Å². The summed E-state index contributed by atoms with van der Waals surface area (Å²) >= 11 is 0. The molecule has 0 aliphatic heterocycles. The lowest BCUT2D eigenvalue weighted by Gasteiger charge is -2.05. The number of hydrogen-bond donors (Lipinski definition) is 1. The van der Waals surface area contributed by atoms with Gasteiger partial charge >= 0.3 is 0 Å². The van der Waals surface area contributed by atoms with Crippen LogP contribution in [0, 0.1) is 0 Å². The molecule has 0 aromatic heterocycles. The third-order valence-corrected chi connectivity index (χ3v) is 2.40. The van der Waals surface area contributed by atoms with Crippen molar-refractivity contribution in [2.24, 2.45) is 4.99 Å². The van der Waals surface area contributed by atoms with E-state index in [1.807, 2.05) is 6.07 Å². The summed E-state index contributed by atoms with van der Waals surface area (Å²) in [5, 5.41) is 9.54. The number of nitrogens with zero attached hydrogens (tertiary/aromatic N) is 1. The zero-order chi connectivity index (χ0) is 9.26. The maximum atomic E-state index is 10.1. The molecular weight excluding hydrogens is 166 g/mol. The van der Waals surface area contributed by atoms with E-state index in [2.05, 4.69) is 4.99 Å². The van der Waals surface area contributed by atoms with Gasteiger partial charge in [0, 0.05) is 5.56 Å².